The molecule has 0 aromatic carbocycles. The van der Waals surface area contributed by atoms with Gasteiger partial charge in [-0.25, -0.2) is 4.79 Å². The van der Waals surface area contributed by atoms with Crippen LogP contribution in [0.1, 0.15) is 9.67 Å². The number of carbonyl (C=O) groups excluding carboxylic acids is 1. The van der Waals surface area contributed by atoms with Gasteiger partial charge in [0.05, 0.1) is 7.11 Å². The summed E-state index contributed by atoms with van der Waals surface area (Å²) in [4.78, 5) is 12.7. The highest BCUT2D eigenvalue weighted by molar-refractivity contribution is 7.98. The largest absolute Gasteiger partial charge is 0.465 e. The Bertz CT molecular complexity index is 255. The summed E-state index contributed by atoms with van der Waals surface area (Å²) < 4.78 is 4.56. The lowest BCUT2D eigenvalue weighted by atomic mass is 10.5. The van der Waals surface area contributed by atoms with Crippen molar-refractivity contribution in [3.8, 4) is 0 Å². The average Bonchev–Trinajstić information content (AvgIpc) is 2.50. The SMILES string of the molecule is COC(=O)c1cc(SC)cs1. The zero-order valence-electron chi connectivity index (χ0n) is 6.29. The van der Waals surface area contributed by atoms with Crippen LogP contribution < -0.4 is 0 Å². The first kappa shape index (κ1) is 8.62. The molecule has 0 spiro atoms. The quantitative estimate of drug-likeness (QED) is 0.526. The topological polar surface area (TPSA) is 26.3 Å². The monoisotopic (exact) mass is 188 g/mol. The minimum atomic E-state index is -0.254. The highest BCUT2D eigenvalue weighted by atomic mass is 32.2. The normalized spacial score (nSPS) is 9.64. The predicted octanol–water partition coefficient (Wildman–Crippen LogP) is 2.26. The Labute approximate surface area is 73.6 Å². The molecule has 1 aromatic rings. The Hall–Kier alpha value is -0.480. The van der Waals surface area contributed by atoms with Crippen LogP contribution in [0.3, 0.4) is 0 Å². The fraction of sp³-hybridized carbons (Fsp3) is 0.286. The number of ether oxygens (including phenoxy) is 1. The molecule has 4 heteroatoms. The summed E-state index contributed by atoms with van der Waals surface area (Å²) in [6.45, 7) is 0. The first-order chi connectivity index (χ1) is 5.27. The summed E-state index contributed by atoms with van der Waals surface area (Å²) in [6, 6.07) is 1.83. The maximum atomic E-state index is 10.9. The molecule has 0 aliphatic rings. The van der Waals surface area contributed by atoms with Gasteiger partial charge in [0.15, 0.2) is 0 Å². The van der Waals surface area contributed by atoms with Crippen molar-refractivity contribution in [2.75, 3.05) is 13.4 Å². The number of carbonyl (C=O) groups is 1. The molecule has 11 heavy (non-hydrogen) atoms. The Morgan fingerprint density at radius 1 is 1.73 bits per heavy atom. The summed E-state index contributed by atoms with van der Waals surface area (Å²) >= 11 is 3.03. The van der Waals surface area contributed by atoms with Gasteiger partial charge < -0.3 is 4.74 Å². The number of thioether (sulfide) groups is 1. The number of thiophene rings is 1. The van der Waals surface area contributed by atoms with Gasteiger partial charge in [-0.15, -0.1) is 23.1 Å². The lowest BCUT2D eigenvalue weighted by Crippen LogP contribution is -1.96. The molecule has 0 N–H and O–H groups in total. The number of esters is 1. The van der Waals surface area contributed by atoms with Crippen molar-refractivity contribution >= 4 is 29.1 Å². The van der Waals surface area contributed by atoms with Crippen molar-refractivity contribution in [1.82, 2.24) is 0 Å². The van der Waals surface area contributed by atoms with Crippen LogP contribution in [-0.4, -0.2) is 19.3 Å². The van der Waals surface area contributed by atoms with Gasteiger partial charge in [0, 0.05) is 10.3 Å². The molecule has 1 aromatic heterocycles. The smallest absolute Gasteiger partial charge is 0.348 e. The molecule has 0 bridgehead atoms. The Morgan fingerprint density at radius 3 is 2.91 bits per heavy atom. The second kappa shape index (κ2) is 3.78. The van der Waals surface area contributed by atoms with Crippen LogP contribution in [0.25, 0.3) is 0 Å². The average molecular weight is 188 g/mol. The van der Waals surface area contributed by atoms with Crippen LogP contribution in [-0.2, 0) is 4.74 Å². The highest BCUT2D eigenvalue weighted by Crippen LogP contribution is 2.22. The van der Waals surface area contributed by atoms with Crippen molar-refractivity contribution in [2.24, 2.45) is 0 Å². The molecule has 0 unspecified atom stereocenters. The van der Waals surface area contributed by atoms with Crippen molar-refractivity contribution in [1.29, 1.82) is 0 Å². The third kappa shape index (κ3) is 1.97. The maximum absolute atomic E-state index is 10.9. The molecule has 0 saturated carbocycles. The van der Waals surface area contributed by atoms with Gasteiger partial charge in [-0.3, -0.25) is 0 Å². The van der Waals surface area contributed by atoms with E-state index in [0.717, 1.165) is 4.90 Å². The van der Waals surface area contributed by atoms with Gasteiger partial charge in [-0.2, -0.15) is 0 Å². The van der Waals surface area contributed by atoms with Gasteiger partial charge in [0.25, 0.3) is 0 Å². The zero-order chi connectivity index (χ0) is 8.27. The highest BCUT2D eigenvalue weighted by Gasteiger charge is 2.07. The minimum absolute atomic E-state index is 0.254. The fourth-order valence-electron chi connectivity index (χ4n) is 0.633. The van der Waals surface area contributed by atoms with Crippen LogP contribution in [0.15, 0.2) is 16.3 Å². The molecule has 0 atom stereocenters. The molecule has 0 aliphatic carbocycles. The van der Waals surface area contributed by atoms with E-state index in [0.29, 0.717) is 4.88 Å². The number of hydrogen-bond acceptors (Lipinski definition) is 4. The van der Waals surface area contributed by atoms with E-state index in [1.807, 2.05) is 17.7 Å². The standard InChI is InChI=1S/C7H8O2S2/c1-9-7(8)6-3-5(10-2)4-11-6/h3-4H,1-2H3. The van der Waals surface area contributed by atoms with E-state index < -0.39 is 0 Å². The molecule has 0 aliphatic heterocycles. The lowest BCUT2D eigenvalue weighted by Gasteiger charge is -1.91. The van der Waals surface area contributed by atoms with Gasteiger partial charge in [-0.05, 0) is 12.3 Å². The summed E-state index contributed by atoms with van der Waals surface area (Å²) in [6.07, 6.45) is 1.98. The minimum Gasteiger partial charge on any atom is -0.465 e. The summed E-state index contributed by atoms with van der Waals surface area (Å²) in [5.74, 6) is -0.254. The van der Waals surface area contributed by atoms with Crippen molar-refractivity contribution in [3.05, 3.63) is 16.3 Å². The Balaban J connectivity index is 2.80. The molecule has 2 nitrogen and oxygen atoms in total. The van der Waals surface area contributed by atoms with E-state index >= 15 is 0 Å². The van der Waals surface area contributed by atoms with Crippen LogP contribution in [0.2, 0.25) is 0 Å². The second-order valence-corrected chi connectivity index (χ2v) is 3.63. The fourth-order valence-corrected chi connectivity index (χ4v) is 2.16. The van der Waals surface area contributed by atoms with Crippen LogP contribution in [0, 0.1) is 0 Å². The maximum Gasteiger partial charge on any atom is 0.348 e. The van der Waals surface area contributed by atoms with Gasteiger partial charge >= 0.3 is 5.97 Å². The molecular weight excluding hydrogens is 180 g/mol. The molecule has 1 rings (SSSR count). The summed E-state index contributed by atoms with van der Waals surface area (Å²) in [5, 5.41) is 1.94. The molecule has 0 fully saturated rings. The zero-order valence-corrected chi connectivity index (χ0v) is 7.92. The van der Waals surface area contributed by atoms with Gasteiger partial charge in [-0.1, -0.05) is 0 Å². The molecule has 0 saturated heterocycles. The van der Waals surface area contributed by atoms with Crippen molar-refractivity contribution in [2.45, 2.75) is 4.90 Å². The van der Waals surface area contributed by atoms with E-state index in [1.165, 1.54) is 18.4 Å². The molecular formula is C7H8O2S2. The van der Waals surface area contributed by atoms with Crippen LogP contribution in [0.4, 0.5) is 0 Å². The molecule has 1 heterocycles. The molecule has 60 valence electrons. The molecule has 0 radical (unpaired) electrons. The predicted molar refractivity (Wildman–Crippen MR) is 47.4 cm³/mol. The van der Waals surface area contributed by atoms with Crippen molar-refractivity contribution in [3.63, 3.8) is 0 Å². The van der Waals surface area contributed by atoms with Crippen molar-refractivity contribution < 1.29 is 9.53 Å². The third-order valence-electron chi connectivity index (χ3n) is 1.20. The number of methoxy groups -OCH3 is 1. The van der Waals surface area contributed by atoms with E-state index in [-0.39, 0.29) is 5.97 Å². The lowest BCUT2D eigenvalue weighted by molar-refractivity contribution is 0.0606. The van der Waals surface area contributed by atoms with E-state index in [1.54, 1.807) is 11.8 Å². The first-order valence-electron chi connectivity index (χ1n) is 2.98. The van der Waals surface area contributed by atoms with Gasteiger partial charge in [0.2, 0.25) is 0 Å². The van der Waals surface area contributed by atoms with Gasteiger partial charge in [0.1, 0.15) is 4.88 Å². The third-order valence-corrected chi connectivity index (χ3v) is 2.96. The molecule has 0 amide bonds. The van der Waals surface area contributed by atoms with E-state index in [9.17, 15) is 4.79 Å². The Kier molecular flexibility index (Phi) is 2.96. The van der Waals surface area contributed by atoms with E-state index in [4.69, 9.17) is 0 Å². The summed E-state index contributed by atoms with van der Waals surface area (Å²) in [7, 11) is 1.39. The van der Waals surface area contributed by atoms with Crippen LogP contribution >= 0.6 is 23.1 Å². The van der Waals surface area contributed by atoms with E-state index in [2.05, 4.69) is 4.74 Å². The second-order valence-electron chi connectivity index (χ2n) is 1.84. The first-order valence-corrected chi connectivity index (χ1v) is 5.09. The summed E-state index contributed by atoms with van der Waals surface area (Å²) in [5.41, 5.74) is 0. The Morgan fingerprint density at radius 2 is 2.45 bits per heavy atom. The van der Waals surface area contributed by atoms with Crippen LogP contribution in [0.5, 0.6) is 0 Å². The number of hydrogen-bond donors (Lipinski definition) is 0. The number of rotatable bonds is 2.